The van der Waals surface area contributed by atoms with Crippen molar-refractivity contribution in [3.05, 3.63) is 0 Å². The largest absolute Gasteiger partial charge is 0.380 e. The van der Waals surface area contributed by atoms with Gasteiger partial charge < -0.3 is 10.1 Å². The molecular weight excluding hydrogens is 253 g/mol. The molecule has 0 atom stereocenters. The number of nitrogens with one attached hydrogen (secondary N) is 1. The molecule has 0 amide bonds. The minimum Gasteiger partial charge on any atom is -0.380 e. The number of unbranched alkanes of at least 4 members (excludes halogenated alkanes) is 1. The molecule has 0 spiro atoms. The third-order valence-corrected chi connectivity index (χ3v) is 2.13. The molecule has 2 nitrogen and oxygen atoms in total. The van der Waals surface area contributed by atoms with Gasteiger partial charge in [-0.05, 0) is 30.7 Å². The Hall–Kier alpha value is 0.650. The average Bonchev–Trinajstić information content (AvgIpc) is 2.03. The summed E-state index contributed by atoms with van der Waals surface area (Å²) >= 11 is 2.41. The van der Waals surface area contributed by atoms with Crippen molar-refractivity contribution in [1.29, 1.82) is 0 Å². The Morgan fingerprint density at radius 3 is 2.73 bits per heavy atom. The van der Waals surface area contributed by atoms with Crippen molar-refractivity contribution in [2.75, 3.05) is 30.7 Å². The first-order valence-electron chi connectivity index (χ1n) is 4.26. The van der Waals surface area contributed by atoms with Crippen molar-refractivity contribution >= 4 is 22.6 Å². The average molecular weight is 271 g/mol. The van der Waals surface area contributed by atoms with E-state index in [0.29, 0.717) is 0 Å². The van der Waals surface area contributed by atoms with Gasteiger partial charge in [-0.25, -0.2) is 0 Å². The Morgan fingerprint density at radius 2 is 2.09 bits per heavy atom. The second-order valence-corrected chi connectivity index (χ2v) is 3.42. The maximum atomic E-state index is 5.18. The summed E-state index contributed by atoms with van der Waals surface area (Å²) in [6.07, 6.45) is 2.61. The molecule has 0 heterocycles. The van der Waals surface area contributed by atoms with Crippen molar-refractivity contribution in [2.45, 2.75) is 19.8 Å². The van der Waals surface area contributed by atoms with Gasteiger partial charge in [0.2, 0.25) is 0 Å². The molecule has 0 aromatic rings. The lowest BCUT2D eigenvalue weighted by Gasteiger charge is -2.03. The first-order valence-corrected chi connectivity index (χ1v) is 5.78. The summed E-state index contributed by atoms with van der Waals surface area (Å²) in [5, 5.41) is 3.33. The zero-order valence-corrected chi connectivity index (χ0v) is 9.39. The number of alkyl halides is 1. The molecule has 0 aliphatic heterocycles. The van der Waals surface area contributed by atoms with Gasteiger partial charge in [-0.15, -0.1) is 0 Å². The Bertz CT molecular complexity index is 63.1. The summed E-state index contributed by atoms with van der Waals surface area (Å²) in [6.45, 7) is 5.83. The zero-order valence-electron chi connectivity index (χ0n) is 7.24. The first-order chi connectivity index (χ1) is 5.41. The SMILES string of the molecule is CCOCCNCCCCI. The monoisotopic (exact) mass is 271 g/mol. The van der Waals surface area contributed by atoms with Crippen LogP contribution in [0.25, 0.3) is 0 Å². The summed E-state index contributed by atoms with van der Waals surface area (Å²) in [5.41, 5.74) is 0. The maximum absolute atomic E-state index is 5.18. The van der Waals surface area contributed by atoms with Gasteiger partial charge in [-0.3, -0.25) is 0 Å². The quantitative estimate of drug-likeness (QED) is 0.413. The molecule has 0 bridgehead atoms. The molecule has 0 aliphatic carbocycles. The van der Waals surface area contributed by atoms with Gasteiger partial charge in [0.1, 0.15) is 0 Å². The van der Waals surface area contributed by atoms with E-state index in [1.54, 1.807) is 0 Å². The van der Waals surface area contributed by atoms with E-state index in [4.69, 9.17) is 4.74 Å². The van der Waals surface area contributed by atoms with Crippen molar-refractivity contribution in [1.82, 2.24) is 5.32 Å². The number of rotatable bonds is 8. The van der Waals surface area contributed by atoms with E-state index < -0.39 is 0 Å². The molecule has 0 radical (unpaired) electrons. The van der Waals surface area contributed by atoms with Crippen LogP contribution in [0.15, 0.2) is 0 Å². The molecule has 0 unspecified atom stereocenters. The molecule has 0 saturated carbocycles. The minimum absolute atomic E-state index is 0.829. The van der Waals surface area contributed by atoms with Crippen LogP contribution < -0.4 is 5.32 Å². The van der Waals surface area contributed by atoms with Crippen LogP contribution in [-0.2, 0) is 4.74 Å². The predicted molar refractivity (Wildman–Crippen MR) is 57.5 cm³/mol. The second kappa shape index (κ2) is 10.7. The molecule has 1 N–H and O–H groups in total. The number of hydrogen-bond donors (Lipinski definition) is 1. The summed E-state index contributed by atoms with van der Waals surface area (Å²) in [4.78, 5) is 0. The van der Waals surface area contributed by atoms with Gasteiger partial charge in [0.25, 0.3) is 0 Å². The van der Waals surface area contributed by atoms with E-state index in [9.17, 15) is 0 Å². The topological polar surface area (TPSA) is 21.3 Å². The number of ether oxygens (including phenoxy) is 1. The van der Waals surface area contributed by atoms with Crippen LogP contribution in [0.3, 0.4) is 0 Å². The van der Waals surface area contributed by atoms with Crippen LogP contribution in [0.5, 0.6) is 0 Å². The van der Waals surface area contributed by atoms with Gasteiger partial charge in [0.15, 0.2) is 0 Å². The Balaban J connectivity index is 2.69. The minimum atomic E-state index is 0.829. The molecule has 0 aliphatic rings. The van der Waals surface area contributed by atoms with Crippen LogP contribution in [0.2, 0.25) is 0 Å². The van der Waals surface area contributed by atoms with E-state index in [1.807, 2.05) is 6.92 Å². The van der Waals surface area contributed by atoms with Crippen LogP contribution in [0, 0.1) is 0 Å². The normalized spacial score (nSPS) is 10.4. The summed E-state index contributed by atoms with van der Waals surface area (Å²) in [6, 6.07) is 0. The highest BCUT2D eigenvalue weighted by Crippen LogP contribution is 1.91. The van der Waals surface area contributed by atoms with Crippen molar-refractivity contribution in [2.24, 2.45) is 0 Å². The smallest absolute Gasteiger partial charge is 0.0590 e. The standard InChI is InChI=1S/C8H18INO/c1-2-11-8-7-10-6-4-3-5-9/h10H,2-8H2,1H3. The highest BCUT2D eigenvalue weighted by molar-refractivity contribution is 14.1. The molecule has 0 rings (SSSR count). The fourth-order valence-corrected chi connectivity index (χ4v) is 1.30. The molecular formula is C8H18INO. The van der Waals surface area contributed by atoms with E-state index in [1.165, 1.54) is 17.3 Å². The fourth-order valence-electron chi connectivity index (χ4n) is 0.758. The van der Waals surface area contributed by atoms with E-state index in [-0.39, 0.29) is 0 Å². The number of hydrogen-bond acceptors (Lipinski definition) is 2. The third kappa shape index (κ3) is 10.7. The zero-order chi connectivity index (χ0) is 8.36. The Morgan fingerprint density at radius 1 is 1.27 bits per heavy atom. The Labute approximate surface area is 83.2 Å². The van der Waals surface area contributed by atoms with E-state index in [2.05, 4.69) is 27.9 Å². The highest BCUT2D eigenvalue weighted by atomic mass is 127. The predicted octanol–water partition coefficient (Wildman–Crippen LogP) is 1.83. The molecule has 0 fully saturated rings. The van der Waals surface area contributed by atoms with E-state index in [0.717, 1.165) is 26.3 Å². The van der Waals surface area contributed by atoms with Crippen molar-refractivity contribution in [3.63, 3.8) is 0 Å². The van der Waals surface area contributed by atoms with Gasteiger partial charge in [-0.1, -0.05) is 22.6 Å². The molecule has 11 heavy (non-hydrogen) atoms. The molecule has 0 aromatic carbocycles. The number of halogens is 1. The molecule has 68 valence electrons. The maximum Gasteiger partial charge on any atom is 0.0590 e. The fraction of sp³-hybridized carbons (Fsp3) is 1.00. The van der Waals surface area contributed by atoms with Crippen LogP contribution in [-0.4, -0.2) is 30.7 Å². The summed E-state index contributed by atoms with van der Waals surface area (Å²) < 4.78 is 6.44. The molecule has 3 heteroatoms. The third-order valence-electron chi connectivity index (χ3n) is 1.36. The van der Waals surface area contributed by atoms with Gasteiger partial charge in [-0.2, -0.15) is 0 Å². The lowest BCUT2D eigenvalue weighted by molar-refractivity contribution is 0.149. The molecule has 0 saturated heterocycles. The van der Waals surface area contributed by atoms with Crippen LogP contribution >= 0.6 is 22.6 Å². The lowest BCUT2D eigenvalue weighted by atomic mass is 10.3. The summed E-state index contributed by atoms with van der Waals surface area (Å²) in [7, 11) is 0. The van der Waals surface area contributed by atoms with Gasteiger partial charge in [0.05, 0.1) is 6.61 Å². The van der Waals surface area contributed by atoms with Crippen molar-refractivity contribution in [3.8, 4) is 0 Å². The highest BCUT2D eigenvalue weighted by Gasteiger charge is 1.87. The van der Waals surface area contributed by atoms with Gasteiger partial charge >= 0.3 is 0 Å². The van der Waals surface area contributed by atoms with Gasteiger partial charge in [0, 0.05) is 13.2 Å². The summed E-state index contributed by atoms with van der Waals surface area (Å²) in [5.74, 6) is 0. The van der Waals surface area contributed by atoms with Crippen LogP contribution in [0.1, 0.15) is 19.8 Å². The molecule has 0 aromatic heterocycles. The second-order valence-electron chi connectivity index (χ2n) is 2.34. The van der Waals surface area contributed by atoms with Crippen LogP contribution in [0.4, 0.5) is 0 Å². The van der Waals surface area contributed by atoms with E-state index >= 15 is 0 Å². The first kappa shape index (κ1) is 11.6. The van der Waals surface area contributed by atoms with Crippen molar-refractivity contribution < 1.29 is 4.74 Å². The Kier molecular flexibility index (Phi) is 11.3. The lowest BCUT2D eigenvalue weighted by Crippen LogP contribution is -2.20.